The van der Waals surface area contributed by atoms with Gasteiger partial charge in [0.05, 0.1) is 18.8 Å². The van der Waals surface area contributed by atoms with Crippen LogP contribution < -0.4 is 10.6 Å². The molecule has 1 heterocycles. The van der Waals surface area contributed by atoms with E-state index in [1.165, 1.54) is 0 Å². The summed E-state index contributed by atoms with van der Waals surface area (Å²) < 4.78 is 30.2. The molecule has 0 radical (unpaired) electrons. The zero-order valence-electron chi connectivity index (χ0n) is 14.3. The predicted octanol–water partition coefficient (Wildman–Crippen LogP) is 4.91. The number of hydrogen-bond acceptors (Lipinski definition) is 4. The number of furan rings is 1. The largest absolute Gasteiger partial charge is 0.467 e. The van der Waals surface area contributed by atoms with Gasteiger partial charge in [0.25, 0.3) is 5.76 Å². The first kappa shape index (κ1) is 19.1. The molecule has 140 valence electrons. The Bertz CT molecular complexity index is 840. The lowest BCUT2D eigenvalue weighted by atomic mass is 10.0. The van der Waals surface area contributed by atoms with E-state index < -0.39 is 5.76 Å². The second-order valence-corrected chi connectivity index (χ2v) is 6.75. The van der Waals surface area contributed by atoms with Gasteiger partial charge in [0.15, 0.2) is 0 Å². The smallest absolute Gasteiger partial charge is 0.288 e. The fourth-order valence-electron chi connectivity index (χ4n) is 2.60. The molecule has 1 aromatic heterocycles. The maximum atomic E-state index is 12.3. The van der Waals surface area contributed by atoms with E-state index in [-0.39, 0.29) is 18.5 Å². The van der Waals surface area contributed by atoms with E-state index in [9.17, 15) is 13.6 Å². The maximum absolute atomic E-state index is 12.3. The number of rotatable bonds is 8. The molecule has 0 aliphatic rings. The number of hydrogen-bond donors (Lipinski definition) is 2. The van der Waals surface area contributed by atoms with Gasteiger partial charge in [-0.2, -0.15) is 8.78 Å². The van der Waals surface area contributed by atoms with Crippen molar-refractivity contribution < 1.29 is 18.0 Å². The van der Waals surface area contributed by atoms with E-state index in [1.807, 2.05) is 36.4 Å². The molecule has 1 atom stereocenters. The van der Waals surface area contributed by atoms with Crippen molar-refractivity contribution in [3.63, 3.8) is 0 Å². The number of amides is 1. The van der Waals surface area contributed by atoms with Gasteiger partial charge < -0.3 is 9.73 Å². The van der Waals surface area contributed by atoms with Gasteiger partial charge in [-0.3, -0.25) is 10.1 Å². The van der Waals surface area contributed by atoms with Gasteiger partial charge in [-0.1, -0.05) is 42.1 Å². The summed E-state index contributed by atoms with van der Waals surface area (Å²) in [5, 5.41) is 5.93. The van der Waals surface area contributed by atoms with Crippen LogP contribution in [0.1, 0.15) is 17.4 Å². The van der Waals surface area contributed by atoms with Crippen LogP contribution in [-0.2, 0) is 4.79 Å². The fourth-order valence-corrected chi connectivity index (χ4v) is 3.10. The van der Waals surface area contributed by atoms with E-state index in [1.54, 1.807) is 36.6 Å². The van der Waals surface area contributed by atoms with Crippen molar-refractivity contribution in [1.29, 1.82) is 0 Å². The third-order valence-corrected chi connectivity index (χ3v) is 4.51. The second-order valence-electron chi connectivity index (χ2n) is 5.69. The highest BCUT2D eigenvalue weighted by molar-refractivity contribution is 7.99. The third kappa shape index (κ3) is 5.67. The Kier molecular flexibility index (Phi) is 6.62. The first-order valence-corrected chi connectivity index (χ1v) is 9.16. The van der Waals surface area contributed by atoms with Crippen LogP contribution in [-0.4, -0.2) is 18.2 Å². The monoisotopic (exact) mass is 388 g/mol. The number of thioether (sulfide) groups is 1. The summed E-state index contributed by atoms with van der Waals surface area (Å²) in [5.74, 6) is -2.00. The summed E-state index contributed by atoms with van der Waals surface area (Å²) in [6, 6.07) is 19.4. The number of carbonyl (C=O) groups is 1. The molecule has 3 rings (SSSR count). The molecular formula is C20H18F2N2O2S. The Morgan fingerprint density at radius 1 is 1.00 bits per heavy atom. The predicted molar refractivity (Wildman–Crippen MR) is 102 cm³/mol. The van der Waals surface area contributed by atoms with E-state index in [2.05, 4.69) is 10.6 Å². The van der Waals surface area contributed by atoms with Gasteiger partial charge in [0.2, 0.25) is 5.91 Å². The number of nitrogens with one attached hydrogen (secondary N) is 2. The Labute approximate surface area is 160 Å². The van der Waals surface area contributed by atoms with Crippen LogP contribution in [0.25, 0.3) is 0 Å². The SMILES string of the molecule is O=C(CN[C@@H](c1ccccc1)c1ccco1)Nc1ccc(SC(F)F)cc1. The van der Waals surface area contributed by atoms with Crippen molar-refractivity contribution in [2.75, 3.05) is 11.9 Å². The van der Waals surface area contributed by atoms with E-state index in [0.29, 0.717) is 28.1 Å². The summed E-state index contributed by atoms with van der Waals surface area (Å²) in [7, 11) is 0. The summed E-state index contributed by atoms with van der Waals surface area (Å²) in [6.07, 6.45) is 1.59. The zero-order chi connectivity index (χ0) is 19.1. The van der Waals surface area contributed by atoms with Gasteiger partial charge in [-0.05, 0) is 42.0 Å². The first-order valence-electron chi connectivity index (χ1n) is 8.28. The first-order chi connectivity index (χ1) is 13.1. The van der Waals surface area contributed by atoms with Crippen molar-refractivity contribution in [3.8, 4) is 0 Å². The van der Waals surface area contributed by atoms with Gasteiger partial charge in [0.1, 0.15) is 5.76 Å². The molecule has 0 unspecified atom stereocenters. The molecular weight excluding hydrogens is 370 g/mol. The van der Waals surface area contributed by atoms with Crippen LogP contribution >= 0.6 is 11.8 Å². The van der Waals surface area contributed by atoms with Gasteiger partial charge in [-0.15, -0.1) is 0 Å². The molecule has 4 nitrogen and oxygen atoms in total. The van der Waals surface area contributed by atoms with Crippen LogP contribution in [0.2, 0.25) is 0 Å². The Hall–Kier alpha value is -2.64. The topological polar surface area (TPSA) is 54.3 Å². The Morgan fingerprint density at radius 3 is 2.37 bits per heavy atom. The van der Waals surface area contributed by atoms with Crippen LogP contribution in [0.15, 0.2) is 82.3 Å². The van der Waals surface area contributed by atoms with Crippen molar-refractivity contribution in [3.05, 3.63) is 84.3 Å². The average Bonchev–Trinajstić information content (AvgIpc) is 3.18. The van der Waals surface area contributed by atoms with E-state index in [0.717, 1.165) is 5.56 Å². The molecule has 0 spiro atoms. The van der Waals surface area contributed by atoms with E-state index in [4.69, 9.17) is 4.42 Å². The second kappa shape index (κ2) is 9.34. The number of carbonyl (C=O) groups excluding carboxylic acids is 1. The molecule has 27 heavy (non-hydrogen) atoms. The average molecular weight is 388 g/mol. The lowest BCUT2D eigenvalue weighted by Crippen LogP contribution is -2.31. The highest BCUT2D eigenvalue weighted by Gasteiger charge is 2.17. The number of benzene rings is 2. The molecule has 0 aliphatic heterocycles. The fraction of sp³-hybridized carbons (Fsp3) is 0.150. The molecule has 2 N–H and O–H groups in total. The molecule has 1 amide bonds. The summed E-state index contributed by atoms with van der Waals surface area (Å²) in [4.78, 5) is 12.7. The van der Waals surface area contributed by atoms with Crippen LogP contribution in [0.5, 0.6) is 0 Å². The summed E-state index contributed by atoms with van der Waals surface area (Å²) in [5.41, 5.74) is 1.53. The van der Waals surface area contributed by atoms with Crippen LogP contribution in [0.4, 0.5) is 14.5 Å². The van der Waals surface area contributed by atoms with Crippen molar-refractivity contribution in [2.24, 2.45) is 0 Å². The number of halogens is 2. The van der Waals surface area contributed by atoms with Gasteiger partial charge in [-0.25, -0.2) is 0 Å². The number of anilines is 1. The minimum Gasteiger partial charge on any atom is -0.467 e. The molecule has 7 heteroatoms. The molecule has 2 aromatic carbocycles. The summed E-state index contributed by atoms with van der Waals surface area (Å²) in [6.45, 7) is 0.0633. The molecule has 0 fully saturated rings. The molecule has 0 bridgehead atoms. The highest BCUT2D eigenvalue weighted by Crippen LogP contribution is 2.26. The normalized spacial score (nSPS) is 12.1. The Balaban J connectivity index is 1.59. The van der Waals surface area contributed by atoms with Crippen molar-refractivity contribution in [1.82, 2.24) is 5.32 Å². The maximum Gasteiger partial charge on any atom is 0.288 e. The Morgan fingerprint density at radius 2 is 1.74 bits per heavy atom. The molecule has 0 saturated heterocycles. The molecule has 0 aliphatic carbocycles. The third-order valence-electron chi connectivity index (χ3n) is 3.79. The summed E-state index contributed by atoms with van der Waals surface area (Å²) >= 11 is 0.467. The minimum atomic E-state index is -2.47. The zero-order valence-corrected chi connectivity index (χ0v) is 15.1. The lowest BCUT2D eigenvalue weighted by Gasteiger charge is -2.17. The molecule has 0 saturated carbocycles. The van der Waals surface area contributed by atoms with E-state index >= 15 is 0 Å². The quantitative estimate of drug-likeness (QED) is 0.538. The molecule has 3 aromatic rings. The van der Waals surface area contributed by atoms with Gasteiger partial charge in [0, 0.05) is 10.6 Å². The van der Waals surface area contributed by atoms with Crippen LogP contribution in [0.3, 0.4) is 0 Å². The van der Waals surface area contributed by atoms with Crippen molar-refractivity contribution >= 4 is 23.4 Å². The van der Waals surface area contributed by atoms with Crippen molar-refractivity contribution in [2.45, 2.75) is 16.7 Å². The van der Waals surface area contributed by atoms with Crippen LogP contribution in [0, 0.1) is 0 Å². The highest BCUT2D eigenvalue weighted by atomic mass is 32.2. The number of alkyl halides is 2. The standard InChI is InChI=1S/C20H18F2N2O2S/c21-20(22)27-16-10-8-15(9-11-16)24-18(25)13-23-19(17-7-4-12-26-17)14-5-2-1-3-6-14/h1-12,19-20,23H,13H2,(H,24,25)/t19-/m0/s1. The lowest BCUT2D eigenvalue weighted by molar-refractivity contribution is -0.115. The van der Waals surface area contributed by atoms with Gasteiger partial charge >= 0.3 is 0 Å². The minimum absolute atomic E-state index is 0.0633.